The van der Waals surface area contributed by atoms with Crippen molar-refractivity contribution in [2.75, 3.05) is 5.32 Å². The Labute approximate surface area is 115 Å². The van der Waals surface area contributed by atoms with Gasteiger partial charge in [-0.1, -0.05) is 29.8 Å². The molecule has 0 heterocycles. The molecule has 1 amide bonds. The SMILES string of the molecule is NCc1ccccc1C(=O)Nc1ccc(F)c(Cl)c1. The van der Waals surface area contributed by atoms with Gasteiger partial charge in [-0.2, -0.15) is 0 Å². The van der Waals surface area contributed by atoms with E-state index in [1.165, 1.54) is 18.2 Å². The van der Waals surface area contributed by atoms with E-state index in [-0.39, 0.29) is 17.5 Å². The molecule has 19 heavy (non-hydrogen) atoms. The molecule has 0 aliphatic carbocycles. The fraction of sp³-hybridized carbons (Fsp3) is 0.0714. The highest BCUT2D eigenvalue weighted by molar-refractivity contribution is 6.31. The van der Waals surface area contributed by atoms with Crippen molar-refractivity contribution < 1.29 is 9.18 Å². The predicted molar refractivity (Wildman–Crippen MR) is 73.7 cm³/mol. The van der Waals surface area contributed by atoms with Crippen molar-refractivity contribution in [2.45, 2.75) is 6.54 Å². The third kappa shape index (κ3) is 3.10. The number of hydrogen-bond donors (Lipinski definition) is 2. The normalized spacial score (nSPS) is 10.3. The van der Waals surface area contributed by atoms with Crippen molar-refractivity contribution in [1.82, 2.24) is 0 Å². The topological polar surface area (TPSA) is 55.1 Å². The summed E-state index contributed by atoms with van der Waals surface area (Å²) in [4.78, 5) is 12.1. The Bertz CT molecular complexity index is 616. The molecule has 0 saturated carbocycles. The summed E-state index contributed by atoms with van der Waals surface area (Å²) in [6, 6.07) is 11.0. The molecule has 0 saturated heterocycles. The molecule has 0 aliphatic rings. The summed E-state index contributed by atoms with van der Waals surface area (Å²) in [5.74, 6) is -0.828. The summed E-state index contributed by atoms with van der Waals surface area (Å²) in [6.07, 6.45) is 0. The standard InChI is InChI=1S/C14H12ClFN2O/c15-12-7-10(5-6-13(12)16)18-14(19)11-4-2-1-3-9(11)8-17/h1-7H,8,17H2,(H,18,19). The number of amides is 1. The number of hydrogen-bond acceptors (Lipinski definition) is 2. The van der Waals surface area contributed by atoms with Crippen molar-refractivity contribution in [3.63, 3.8) is 0 Å². The quantitative estimate of drug-likeness (QED) is 0.906. The molecule has 98 valence electrons. The number of nitrogens with two attached hydrogens (primary N) is 1. The van der Waals surface area contributed by atoms with Gasteiger partial charge in [0, 0.05) is 17.8 Å². The van der Waals surface area contributed by atoms with Crippen LogP contribution in [0, 0.1) is 5.82 Å². The maximum atomic E-state index is 13.0. The lowest BCUT2D eigenvalue weighted by Gasteiger charge is -2.09. The van der Waals surface area contributed by atoms with E-state index in [9.17, 15) is 9.18 Å². The van der Waals surface area contributed by atoms with Gasteiger partial charge in [0.1, 0.15) is 5.82 Å². The fourth-order valence-corrected chi connectivity index (χ4v) is 1.87. The molecule has 2 aromatic rings. The van der Waals surface area contributed by atoms with E-state index in [4.69, 9.17) is 17.3 Å². The Morgan fingerprint density at radius 3 is 2.68 bits per heavy atom. The van der Waals surface area contributed by atoms with Gasteiger partial charge in [0.2, 0.25) is 0 Å². The molecule has 0 aliphatic heterocycles. The van der Waals surface area contributed by atoms with Crippen LogP contribution in [0.2, 0.25) is 5.02 Å². The van der Waals surface area contributed by atoms with Gasteiger partial charge in [0.25, 0.3) is 5.91 Å². The lowest BCUT2D eigenvalue weighted by atomic mass is 10.1. The number of benzene rings is 2. The van der Waals surface area contributed by atoms with E-state index in [1.54, 1.807) is 18.2 Å². The molecule has 0 atom stereocenters. The molecule has 0 spiro atoms. The minimum atomic E-state index is -0.526. The Kier molecular flexibility index (Phi) is 4.14. The number of anilines is 1. The Hall–Kier alpha value is -1.91. The van der Waals surface area contributed by atoms with Gasteiger partial charge in [-0.05, 0) is 29.8 Å². The van der Waals surface area contributed by atoms with Crippen molar-refractivity contribution >= 4 is 23.2 Å². The number of rotatable bonds is 3. The number of nitrogens with one attached hydrogen (secondary N) is 1. The summed E-state index contributed by atoms with van der Waals surface area (Å²) < 4.78 is 13.0. The highest BCUT2D eigenvalue weighted by atomic mass is 35.5. The van der Waals surface area contributed by atoms with Crippen LogP contribution in [0.15, 0.2) is 42.5 Å². The smallest absolute Gasteiger partial charge is 0.255 e. The minimum absolute atomic E-state index is 0.0371. The highest BCUT2D eigenvalue weighted by Gasteiger charge is 2.10. The molecule has 2 aromatic carbocycles. The Morgan fingerprint density at radius 1 is 1.26 bits per heavy atom. The largest absolute Gasteiger partial charge is 0.326 e. The van der Waals surface area contributed by atoms with Crippen LogP contribution < -0.4 is 11.1 Å². The van der Waals surface area contributed by atoms with Gasteiger partial charge in [0.05, 0.1) is 5.02 Å². The van der Waals surface area contributed by atoms with Crippen molar-refractivity contribution in [3.8, 4) is 0 Å². The van der Waals surface area contributed by atoms with Crippen molar-refractivity contribution in [3.05, 3.63) is 64.4 Å². The first-order valence-electron chi connectivity index (χ1n) is 5.66. The van der Waals surface area contributed by atoms with E-state index in [0.29, 0.717) is 11.3 Å². The number of halogens is 2. The van der Waals surface area contributed by atoms with E-state index >= 15 is 0 Å². The van der Waals surface area contributed by atoms with Gasteiger partial charge in [-0.3, -0.25) is 4.79 Å². The lowest BCUT2D eigenvalue weighted by Crippen LogP contribution is -2.15. The minimum Gasteiger partial charge on any atom is -0.326 e. The van der Waals surface area contributed by atoms with Crippen molar-refractivity contribution in [1.29, 1.82) is 0 Å². The highest BCUT2D eigenvalue weighted by Crippen LogP contribution is 2.20. The van der Waals surface area contributed by atoms with Gasteiger partial charge < -0.3 is 11.1 Å². The van der Waals surface area contributed by atoms with Crippen LogP contribution in [0.25, 0.3) is 0 Å². The van der Waals surface area contributed by atoms with Crippen LogP contribution in [0.1, 0.15) is 15.9 Å². The van der Waals surface area contributed by atoms with Gasteiger partial charge >= 0.3 is 0 Å². The van der Waals surface area contributed by atoms with Crippen LogP contribution in [0.5, 0.6) is 0 Å². The zero-order chi connectivity index (χ0) is 13.8. The first kappa shape index (κ1) is 13.5. The second-order valence-corrected chi connectivity index (χ2v) is 4.35. The van der Waals surface area contributed by atoms with Crippen LogP contribution in [0.3, 0.4) is 0 Å². The average Bonchev–Trinajstić information content (AvgIpc) is 2.43. The Morgan fingerprint density at radius 2 is 2.00 bits per heavy atom. The third-order valence-electron chi connectivity index (χ3n) is 2.66. The first-order valence-corrected chi connectivity index (χ1v) is 6.04. The zero-order valence-corrected chi connectivity index (χ0v) is 10.7. The fourth-order valence-electron chi connectivity index (χ4n) is 1.69. The van der Waals surface area contributed by atoms with Crippen LogP contribution in [0.4, 0.5) is 10.1 Å². The Balaban J connectivity index is 2.23. The summed E-state index contributed by atoms with van der Waals surface area (Å²) >= 11 is 5.66. The molecule has 3 nitrogen and oxygen atoms in total. The number of carbonyl (C=O) groups is 1. The van der Waals surface area contributed by atoms with Crippen molar-refractivity contribution in [2.24, 2.45) is 5.73 Å². The van der Waals surface area contributed by atoms with E-state index < -0.39 is 5.82 Å². The summed E-state index contributed by atoms with van der Waals surface area (Å²) in [6.45, 7) is 0.272. The maximum Gasteiger partial charge on any atom is 0.255 e. The first-order chi connectivity index (χ1) is 9.11. The second kappa shape index (κ2) is 5.82. The summed E-state index contributed by atoms with van der Waals surface area (Å²) in [5.41, 5.74) is 7.24. The molecular formula is C14H12ClFN2O. The average molecular weight is 279 g/mol. The molecule has 0 bridgehead atoms. The van der Waals surface area contributed by atoms with Crippen LogP contribution in [-0.2, 0) is 6.54 Å². The van der Waals surface area contributed by atoms with Crippen LogP contribution in [-0.4, -0.2) is 5.91 Å². The van der Waals surface area contributed by atoms with Crippen LogP contribution >= 0.6 is 11.6 Å². The molecule has 0 aromatic heterocycles. The second-order valence-electron chi connectivity index (χ2n) is 3.94. The molecule has 0 radical (unpaired) electrons. The van der Waals surface area contributed by atoms with Gasteiger partial charge in [-0.15, -0.1) is 0 Å². The lowest BCUT2D eigenvalue weighted by molar-refractivity contribution is 0.102. The summed E-state index contributed by atoms with van der Waals surface area (Å²) in [7, 11) is 0. The number of carbonyl (C=O) groups excluding carboxylic acids is 1. The molecule has 3 N–H and O–H groups in total. The monoisotopic (exact) mass is 278 g/mol. The van der Waals surface area contributed by atoms with E-state index in [1.807, 2.05) is 6.07 Å². The molecule has 2 rings (SSSR count). The van der Waals surface area contributed by atoms with Gasteiger partial charge in [0.15, 0.2) is 0 Å². The van der Waals surface area contributed by atoms with E-state index in [2.05, 4.69) is 5.32 Å². The zero-order valence-electron chi connectivity index (χ0n) is 9.99. The van der Waals surface area contributed by atoms with Gasteiger partial charge in [-0.25, -0.2) is 4.39 Å². The maximum absolute atomic E-state index is 13.0. The van der Waals surface area contributed by atoms with E-state index in [0.717, 1.165) is 5.56 Å². The molecule has 5 heteroatoms. The molecule has 0 unspecified atom stereocenters. The summed E-state index contributed by atoms with van der Waals surface area (Å²) in [5, 5.41) is 2.62. The predicted octanol–water partition coefficient (Wildman–Crippen LogP) is 3.19. The molecular weight excluding hydrogens is 267 g/mol. The molecule has 0 fully saturated rings. The third-order valence-corrected chi connectivity index (χ3v) is 2.95.